The highest BCUT2D eigenvalue weighted by Gasteiger charge is 2.27. The molecule has 1 amide bonds. The first kappa shape index (κ1) is 18.8. The van der Waals surface area contributed by atoms with Crippen LogP contribution in [0.1, 0.15) is 25.0 Å². The molecule has 1 aliphatic rings. The van der Waals surface area contributed by atoms with E-state index in [1.807, 2.05) is 32.0 Å². The predicted octanol–water partition coefficient (Wildman–Crippen LogP) is 3.95. The Morgan fingerprint density at radius 1 is 1.19 bits per heavy atom. The first-order valence-corrected chi connectivity index (χ1v) is 10.7. The highest BCUT2D eigenvalue weighted by atomic mass is 32.2. The lowest BCUT2D eigenvalue weighted by Crippen LogP contribution is -2.37. The molecule has 3 rings (SSSR count). The summed E-state index contributed by atoms with van der Waals surface area (Å²) in [5, 5.41) is 0.266. The number of amides is 1. The summed E-state index contributed by atoms with van der Waals surface area (Å²) in [5.41, 5.74) is 3.05. The maximum atomic E-state index is 12.9. The number of nitrogens with one attached hydrogen (secondary N) is 1. The van der Waals surface area contributed by atoms with Gasteiger partial charge in [-0.15, -0.1) is 11.8 Å². The molecule has 2 aromatic carbocycles. The van der Waals surface area contributed by atoms with Crippen molar-refractivity contribution >= 4 is 39.1 Å². The summed E-state index contributed by atoms with van der Waals surface area (Å²) in [7, 11) is -3.75. The second-order valence-corrected chi connectivity index (χ2v) is 9.77. The Hall–Kier alpha value is -1.99. The average molecular weight is 391 g/mol. The molecule has 26 heavy (non-hydrogen) atoms. The van der Waals surface area contributed by atoms with Gasteiger partial charge in [0.25, 0.3) is 10.0 Å². The van der Waals surface area contributed by atoms with E-state index < -0.39 is 10.0 Å². The Kier molecular flexibility index (Phi) is 5.03. The lowest BCUT2D eigenvalue weighted by molar-refractivity contribution is -0.116. The summed E-state index contributed by atoms with van der Waals surface area (Å²) in [4.78, 5) is 14.7. The van der Waals surface area contributed by atoms with Crippen molar-refractivity contribution in [3.63, 3.8) is 0 Å². The summed E-state index contributed by atoms with van der Waals surface area (Å²) in [6.45, 7) is 7.90. The molecule has 0 bridgehead atoms. The van der Waals surface area contributed by atoms with Gasteiger partial charge in [-0.2, -0.15) is 0 Å². The Labute approximate surface area is 158 Å². The largest absolute Gasteiger partial charge is 0.310 e. The van der Waals surface area contributed by atoms with Crippen molar-refractivity contribution in [1.82, 2.24) is 0 Å². The Balaban J connectivity index is 2.00. The third-order valence-electron chi connectivity index (χ3n) is 4.32. The van der Waals surface area contributed by atoms with E-state index >= 15 is 0 Å². The van der Waals surface area contributed by atoms with Crippen LogP contribution in [0.15, 0.2) is 46.2 Å². The lowest BCUT2D eigenvalue weighted by atomic mass is 10.1. The van der Waals surface area contributed by atoms with Crippen molar-refractivity contribution in [2.24, 2.45) is 0 Å². The average Bonchev–Trinajstić information content (AvgIpc) is 2.56. The fourth-order valence-electron chi connectivity index (χ4n) is 2.93. The van der Waals surface area contributed by atoms with E-state index in [-0.39, 0.29) is 16.1 Å². The molecule has 0 unspecified atom stereocenters. The van der Waals surface area contributed by atoms with Crippen LogP contribution in [0.2, 0.25) is 0 Å². The number of thioether (sulfide) groups is 1. The van der Waals surface area contributed by atoms with E-state index in [1.54, 1.807) is 34.9 Å². The molecule has 0 aliphatic carbocycles. The Morgan fingerprint density at radius 2 is 1.92 bits per heavy atom. The molecular weight excluding hydrogens is 368 g/mol. The SMILES string of the molecule is CC(=O)N1C[C@@H](C)Sc2ccc(S(=O)(=O)Nc3cc(C)ccc3C)cc21. The molecule has 1 N–H and O–H groups in total. The van der Waals surface area contributed by atoms with E-state index in [9.17, 15) is 13.2 Å². The van der Waals surface area contributed by atoms with Crippen LogP contribution in [-0.2, 0) is 14.8 Å². The number of rotatable bonds is 3. The number of benzene rings is 2. The van der Waals surface area contributed by atoms with Crippen molar-refractivity contribution in [2.45, 2.75) is 42.7 Å². The maximum absolute atomic E-state index is 12.9. The minimum absolute atomic E-state index is 0.0876. The number of nitrogens with zero attached hydrogens (tertiary/aromatic N) is 1. The van der Waals surface area contributed by atoms with Gasteiger partial charge in [0.05, 0.1) is 16.3 Å². The van der Waals surface area contributed by atoms with Gasteiger partial charge in [-0.25, -0.2) is 8.42 Å². The first-order chi connectivity index (χ1) is 12.2. The summed E-state index contributed by atoms with van der Waals surface area (Å²) >= 11 is 1.65. The number of carbonyl (C=O) groups is 1. The number of hydrogen-bond donors (Lipinski definition) is 1. The number of fused-ring (bicyclic) bond motifs is 1. The number of aryl methyl sites for hydroxylation is 2. The van der Waals surface area contributed by atoms with Crippen LogP contribution in [-0.4, -0.2) is 26.1 Å². The Bertz CT molecular complexity index is 971. The van der Waals surface area contributed by atoms with E-state index in [0.29, 0.717) is 17.9 Å². The summed E-state index contributed by atoms with van der Waals surface area (Å²) in [6.07, 6.45) is 0. The van der Waals surface area contributed by atoms with Crippen molar-refractivity contribution in [1.29, 1.82) is 0 Å². The topological polar surface area (TPSA) is 66.5 Å². The second kappa shape index (κ2) is 6.96. The van der Waals surface area contributed by atoms with Gasteiger partial charge in [0.15, 0.2) is 0 Å². The van der Waals surface area contributed by atoms with Crippen molar-refractivity contribution in [2.75, 3.05) is 16.2 Å². The minimum atomic E-state index is -3.75. The summed E-state index contributed by atoms with van der Waals surface area (Å²) < 4.78 is 28.4. The number of carbonyl (C=O) groups excluding carboxylic acids is 1. The molecule has 0 saturated carbocycles. The van der Waals surface area contributed by atoms with Gasteiger partial charge in [-0.3, -0.25) is 9.52 Å². The minimum Gasteiger partial charge on any atom is -0.310 e. The quantitative estimate of drug-likeness (QED) is 0.862. The zero-order valence-corrected chi connectivity index (χ0v) is 16.9. The molecule has 0 aromatic heterocycles. The number of hydrogen-bond acceptors (Lipinski definition) is 4. The molecule has 1 atom stereocenters. The van der Waals surface area contributed by atoms with Gasteiger partial charge < -0.3 is 4.90 Å². The van der Waals surface area contributed by atoms with Crippen LogP contribution >= 0.6 is 11.8 Å². The monoisotopic (exact) mass is 390 g/mol. The predicted molar refractivity (Wildman–Crippen MR) is 107 cm³/mol. The van der Waals surface area contributed by atoms with Gasteiger partial charge >= 0.3 is 0 Å². The third-order valence-corrected chi connectivity index (χ3v) is 6.83. The van der Waals surface area contributed by atoms with E-state index in [0.717, 1.165) is 16.0 Å². The van der Waals surface area contributed by atoms with Crippen LogP contribution in [0.4, 0.5) is 11.4 Å². The molecular formula is C19H22N2O3S2. The molecule has 7 heteroatoms. The van der Waals surface area contributed by atoms with Gasteiger partial charge in [0.1, 0.15) is 0 Å². The van der Waals surface area contributed by atoms with Crippen molar-refractivity contribution in [3.05, 3.63) is 47.5 Å². The van der Waals surface area contributed by atoms with Gasteiger partial charge in [-0.1, -0.05) is 19.1 Å². The summed E-state index contributed by atoms with van der Waals surface area (Å²) in [5.74, 6) is -0.0876. The molecule has 1 heterocycles. The molecule has 0 radical (unpaired) electrons. The maximum Gasteiger partial charge on any atom is 0.261 e. The standard InChI is InChI=1S/C19H22N2O3S2/c1-12-5-6-13(2)17(9-12)20-26(23,24)16-7-8-19-18(10-16)21(15(4)22)11-14(3)25-19/h5-10,14,20H,11H2,1-4H3/t14-/m1/s1. The van der Waals surface area contributed by atoms with Gasteiger partial charge in [-0.05, 0) is 49.2 Å². The first-order valence-electron chi connectivity index (χ1n) is 8.36. The molecule has 0 saturated heterocycles. The second-order valence-electron chi connectivity index (χ2n) is 6.61. The fraction of sp³-hybridized carbons (Fsp3) is 0.316. The smallest absolute Gasteiger partial charge is 0.261 e. The number of sulfonamides is 1. The van der Waals surface area contributed by atoms with E-state index in [4.69, 9.17) is 0 Å². The van der Waals surface area contributed by atoms with Crippen LogP contribution < -0.4 is 9.62 Å². The molecule has 2 aromatic rings. The summed E-state index contributed by atoms with van der Waals surface area (Å²) in [6, 6.07) is 10.6. The highest BCUT2D eigenvalue weighted by Crippen LogP contribution is 2.40. The van der Waals surface area contributed by atoms with Crippen LogP contribution in [0, 0.1) is 13.8 Å². The number of anilines is 2. The van der Waals surface area contributed by atoms with Crippen molar-refractivity contribution in [3.8, 4) is 0 Å². The van der Waals surface area contributed by atoms with Gasteiger partial charge in [0.2, 0.25) is 5.91 Å². The molecule has 0 fully saturated rings. The fourth-order valence-corrected chi connectivity index (χ4v) is 5.17. The van der Waals surface area contributed by atoms with Crippen LogP contribution in [0.25, 0.3) is 0 Å². The normalized spacial score (nSPS) is 16.9. The van der Waals surface area contributed by atoms with Crippen LogP contribution in [0.3, 0.4) is 0 Å². The van der Waals surface area contributed by atoms with E-state index in [2.05, 4.69) is 11.6 Å². The lowest BCUT2D eigenvalue weighted by Gasteiger charge is -2.32. The molecule has 1 aliphatic heterocycles. The third kappa shape index (κ3) is 3.73. The van der Waals surface area contributed by atoms with Gasteiger partial charge in [0, 0.05) is 23.6 Å². The zero-order chi connectivity index (χ0) is 19.1. The molecule has 0 spiro atoms. The molecule has 138 valence electrons. The van der Waals surface area contributed by atoms with Crippen molar-refractivity contribution < 1.29 is 13.2 Å². The zero-order valence-electron chi connectivity index (χ0n) is 15.2. The Morgan fingerprint density at radius 3 is 2.62 bits per heavy atom. The van der Waals surface area contributed by atoms with E-state index in [1.165, 1.54) is 6.92 Å². The van der Waals surface area contributed by atoms with Crippen LogP contribution in [0.5, 0.6) is 0 Å². The highest BCUT2D eigenvalue weighted by molar-refractivity contribution is 8.00. The molecule has 5 nitrogen and oxygen atoms in total.